The molecule has 1 aromatic heterocycles. The predicted octanol–water partition coefficient (Wildman–Crippen LogP) is 1.94. The predicted molar refractivity (Wildman–Crippen MR) is 62.4 cm³/mol. The first-order valence-corrected chi connectivity index (χ1v) is 5.48. The summed E-state index contributed by atoms with van der Waals surface area (Å²) in [7, 11) is 1.69. The number of nitrogens with one attached hydrogen (secondary N) is 1. The third kappa shape index (κ3) is 4.30. The zero-order chi connectivity index (χ0) is 11.1. The molecule has 84 valence electrons. The van der Waals surface area contributed by atoms with Gasteiger partial charge < -0.3 is 10.1 Å². The molecule has 0 saturated heterocycles. The molecule has 0 aromatic carbocycles. The standard InChI is InChI=1S/C12H20N2O/c1-4-6-13-7-5-11-9-12(15-3)8-10(2)14-11/h8-9,13H,4-7H2,1-3H3. The Morgan fingerprint density at radius 3 is 2.80 bits per heavy atom. The molecule has 0 spiro atoms. The molecule has 3 nitrogen and oxygen atoms in total. The summed E-state index contributed by atoms with van der Waals surface area (Å²) in [6.45, 7) is 6.21. The molecular weight excluding hydrogens is 188 g/mol. The number of ether oxygens (including phenoxy) is 1. The second kappa shape index (κ2) is 6.40. The number of hydrogen-bond donors (Lipinski definition) is 1. The molecule has 0 unspecified atom stereocenters. The van der Waals surface area contributed by atoms with Crippen molar-refractivity contribution in [3.05, 3.63) is 23.5 Å². The maximum Gasteiger partial charge on any atom is 0.122 e. The van der Waals surface area contributed by atoms with Crippen LogP contribution in [-0.4, -0.2) is 25.2 Å². The summed E-state index contributed by atoms with van der Waals surface area (Å²) in [6.07, 6.45) is 2.13. The molecule has 0 aliphatic heterocycles. The van der Waals surface area contributed by atoms with E-state index < -0.39 is 0 Å². The monoisotopic (exact) mass is 208 g/mol. The van der Waals surface area contributed by atoms with Crippen molar-refractivity contribution in [3.63, 3.8) is 0 Å². The van der Waals surface area contributed by atoms with Crippen molar-refractivity contribution in [2.45, 2.75) is 26.7 Å². The van der Waals surface area contributed by atoms with Crippen molar-refractivity contribution in [2.75, 3.05) is 20.2 Å². The van der Waals surface area contributed by atoms with Crippen molar-refractivity contribution in [1.29, 1.82) is 0 Å². The van der Waals surface area contributed by atoms with E-state index in [0.717, 1.165) is 36.6 Å². The smallest absolute Gasteiger partial charge is 0.122 e. The third-order valence-corrected chi connectivity index (χ3v) is 2.20. The number of methoxy groups -OCH3 is 1. The van der Waals surface area contributed by atoms with E-state index in [1.165, 1.54) is 6.42 Å². The molecular formula is C12H20N2O. The SMILES string of the molecule is CCCNCCc1cc(OC)cc(C)n1. The minimum atomic E-state index is 0.896. The number of pyridine rings is 1. The molecule has 0 aliphatic rings. The summed E-state index contributed by atoms with van der Waals surface area (Å²) in [6, 6.07) is 3.95. The van der Waals surface area contributed by atoms with Gasteiger partial charge in [0.1, 0.15) is 5.75 Å². The fourth-order valence-corrected chi connectivity index (χ4v) is 1.47. The molecule has 1 heterocycles. The van der Waals surface area contributed by atoms with E-state index in [-0.39, 0.29) is 0 Å². The van der Waals surface area contributed by atoms with Gasteiger partial charge in [-0.05, 0) is 19.9 Å². The van der Waals surface area contributed by atoms with Gasteiger partial charge in [-0.2, -0.15) is 0 Å². The fraction of sp³-hybridized carbons (Fsp3) is 0.583. The number of nitrogens with zero attached hydrogens (tertiary/aromatic N) is 1. The molecule has 0 atom stereocenters. The van der Waals surface area contributed by atoms with E-state index in [4.69, 9.17) is 4.74 Å². The van der Waals surface area contributed by atoms with Crippen LogP contribution in [0.2, 0.25) is 0 Å². The lowest BCUT2D eigenvalue weighted by atomic mass is 10.2. The van der Waals surface area contributed by atoms with Gasteiger partial charge in [-0.15, -0.1) is 0 Å². The molecule has 0 amide bonds. The van der Waals surface area contributed by atoms with E-state index in [0.29, 0.717) is 0 Å². The van der Waals surface area contributed by atoms with Crippen LogP contribution in [0.5, 0.6) is 5.75 Å². The summed E-state index contributed by atoms with van der Waals surface area (Å²) in [5.74, 6) is 0.896. The Labute approximate surface area is 91.9 Å². The summed E-state index contributed by atoms with van der Waals surface area (Å²) in [5.41, 5.74) is 2.11. The maximum atomic E-state index is 5.20. The van der Waals surface area contributed by atoms with E-state index in [1.54, 1.807) is 7.11 Å². The van der Waals surface area contributed by atoms with Gasteiger partial charge >= 0.3 is 0 Å². The molecule has 0 fully saturated rings. The lowest BCUT2D eigenvalue weighted by Gasteiger charge is -2.06. The largest absolute Gasteiger partial charge is 0.497 e. The molecule has 1 rings (SSSR count). The van der Waals surface area contributed by atoms with Crippen molar-refractivity contribution in [3.8, 4) is 5.75 Å². The molecule has 0 bridgehead atoms. The zero-order valence-electron chi connectivity index (χ0n) is 9.84. The fourth-order valence-electron chi connectivity index (χ4n) is 1.47. The Balaban J connectivity index is 2.49. The Morgan fingerprint density at radius 2 is 2.13 bits per heavy atom. The molecule has 15 heavy (non-hydrogen) atoms. The number of rotatable bonds is 6. The molecule has 0 aliphatic carbocycles. The van der Waals surface area contributed by atoms with Crippen LogP contribution in [0.3, 0.4) is 0 Å². The summed E-state index contributed by atoms with van der Waals surface area (Å²) >= 11 is 0. The molecule has 3 heteroatoms. The third-order valence-electron chi connectivity index (χ3n) is 2.20. The lowest BCUT2D eigenvalue weighted by molar-refractivity contribution is 0.413. The van der Waals surface area contributed by atoms with Crippen LogP contribution >= 0.6 is 0 Å². The highest BCUT2D eigenvalue weighted by Gasteiger charge is 1.99. The average Bonchev–Trinajstić information content (AvgIpc) is 2.23. The normalized spacial score (nSPS) is 10.3. The van der Waals surface area contributed by atoms with Gasteiger partial charge in [-0.25, -0.2) is 0 Å². The van der Waals surface area contributed by atoms with Gasteiger partial charge in [0, 0.05) is 36.5 Å². The number of aryl methyl sites for hydroxylation is 1. The van der Waals surface area contributed by atoms with Gasteiger partial charge in [0.15, 0.2) is 0 Å². The first-order chi connectivity index (χ1) is 7.26. The average molecular weight is 208 g/mol. The first kappa shape index (κ1) is 12.0. The van der Waals surface area contributed by atoms with E-state index >= 15 is 0 Å². The van der Waals surface area contributed by atoms with E-state index in [1.807, 2.05) is 19.1 Å². The van der Waals surface area contributed by atoms with E-state index in [2.05, 4.69) is 17.2 Å². The first-order valence-electron chi connectivity index (χ1n) is 5.48. The molecule has 1 aromatic rings. The van der Waals surface area contributed by atoms with E-state index in [9.17, 15) is 0 Å². The van der Waals surface area contributed by atoms with Crippen molar-refractivity contribution >= 4 is 0 Å². The second-order valence-electron chi connectivity index (χ2n) is 3.64. The summed E-state index contributed by atoms with van der Waals surface area (Å²) < 4.78 is 5.20. The second-order valence-corrected chi connectivity index (χ2v) is 3.64. The van der Waals surface area contributed by atoms with Crippen LogP contribution in [0.4, 0.5) is 0 Å². The van der Waals surface area contributed by atoms with Crippen LogP contribution < -0.4 is 10.1 Å². The van der Waals surface area contributed by atoms with Crippen molar-refractivity contribution in [2.24, 2.45) is 0 Å². The number of aromatic nitrogens is 1. The van der Waals surface area contributed by atoms with Gasteiger partial charge in [-0.1, -0.05) is 6.92 Å². The summed E-state index contributed by atoms with van der Waals surface area (Å²) in [5, 5.41) is 3.36. The Hall–Kier alpha value is -1.09. The van der Waals surface area contributed by atoms with Gasteiger partial charge in [0.2, 0.25) is 0 Å². The maximum absolute atomic E-state index is 5.20. The van der Waals surface area contributed by atoms with Gasteiger partial charge in [0.25, 0.3) is 0 Å². The Morgan fingerprint density at radius 1 is 1.33 bits per heavy atom. The number of hydrogen-bond acceptors (Lipinski definition) is 3. The highest BCUT2D eigenvalue weighted by Crippen LogP contribution is 2.13. The zero-order valence-corrected chi connectivity index (χ0v) is 9.84. The van der Waals surface area contributed by atoms with Crippen molar-refractivity contribution in [1.82, 2.24) is 10.3 Å². The Bertz CT molecular complexity index is 300. The highest BCUT2D eigenvalue weighted by molar-refractivity contribution is 5.26. The van der Waals surface area contributed by atoms with Crippen LogP contribution in [-0.2, 0) is 6.42 Å². The quantitative estimate of drug-likeness (QED) is 0.725. The van der Waals surface area contributed by atoms with Crippen LogP contribution in [0.25, 0.3) is 0 Å². The topological polar surface area (TPSA) is 34.1 Å². The van der Waals surface area contributed by atoms with Crippen LogP contribution in [0.1, 0.15) is 24.7 Å². The van der Waals surface area contributed by atoms with Crippen LogP contribution in [0.15, 0.2) is 12.1 Å². The minimum Gasteiger partial charge on any atom is -0.497 e. The molecule has 1 N–H and O–H groups in total. The van der Waals surface area contributed by atoms with Gasteiger partial charge in [0.05, 0.1) is 7.11 Å². The van der Waals surface area contributed by atoms with Crippen molar-refractivity contribution < 1.29 is 4.74 Å². The summed E-state index contributed by atoms with van der Waals surface area (Å²) in [4.78, 5) is 4.46. The Kier molecular flexibility index (Phi) is 5.12. The highest BCUT2D eigenvalue weighted by atomic mass is 16.5. The molecule has 0 radical (unpaired) electrons. The molecule has 0 saturated carbocycles. The minimum absolute atomic E-state index is 0.896. The van der Waals surface area contributed by atoms with Crippen LogP contribution in [0, 0.1) is 6.92 Å². The van der Waals surface area contributed by atoms with Gasteiger partial charge in [-0.3, -0.25) is 4.98 Å². The lowest BCUT2D eigenvalue weighted by Crippen LogP contribution is -2.18.